The minimum absolute atomic E-state index is 0.0454. The van der Waals surface area contributed by atoms with Crippen LogP contribution in [0.15, 0.2) is 54.0 Å². The zero-order valence-corrected chi connectivity index (χ0v) is 16.5. The van der Waals surface area contributed by atoms with Crippen molar-refractivity contribution in [3.05, 3.63) is 59.7 Å². The van der Waals surface area contributed by atoms with E-state index in [9.17, 15) is 13.2 Å². The predicted octanol–water partition coefficient (Wildman–Crippen LogP) is 3.29. The van der Waals surface area contributed by atoms with E-state index in [1.807, 2.05) is 36.4 Å². The van der Waals surface area contributed by atoms with Crippen LogP contribution in [-0.2, 0) is 21.2 Å². The van der Waals surface area contributed by atoms with Crippen LogP contribution in [0.5, 0.6) is 0 Å². The number of sulfonamides is 1. The van der Waals surface area contributed by atoms with Gasteiger partial charge in [-0.3, -0.25) is 9.52 Å². The summed E-state index contributed by atoms with van der Waals surface area (Å²) < 4.78 is 26.3. The van der Waals surface area contributed by atoms with Gasteiger partial charge in [0.05, 0.1) is 17.4 Å². The molecule has 9 heteroatoms. The highest BCUT2D eigenvalue weighted by Crippen LogP contribution is 2.30. The molecule has 1 aliphatic carbocycles. The Bertz CT molecular complexity index is 1080. The number of amides is 1. The summed E-state index contributed by atoms with van der Waals surface area (Å²) in [6.07, 6.45) is 3.13. The predicted molar refractivity (Wildman–Crippen MR) is 110 cm³/mol. The number of hydrogen-bond acceptors (Lipinski definition) is 6. The van der Waals surface area contributed by atoms with Crippen molar-refractivity contribution in [3.8, 4) is 11.1 Å². The standard InChI is InChI=1S/C19H18N4O3S2/c24-18(10-15-12-27-19(21-15)23-28(25,26)16-7-8-16)22-17-9-6-14(11-20-17)13-4-2-1-3-5-13/h1-6,9,11-12,16H,7-8,10H2,(H,21,23)(H,20,22,24). The SMILES string of the molecule is O=C(Cc1csc(NS(=O)(=O)C2CC2)n1)Nc1ccc(-c2ccccc2)cn1. The summed E-state index contributed by atoms with van der Waals surface area (Å²) in [6.45, 7) is 0. The Kier molecular flexibility index (Phi) is 5.10. The van der Waals surface area contributed by atoms with Crippen molar-refractivity contribution in [2.45, 2.75) is 24.5 Å². The van der Waals surface area contributed by atoms with Crippen LogP contribution in [0.25, 0.3) is 11.1 Å². The van der Waals surface area contributed by atoms with Gasteiger partial charge in [-0.15, -0.1) is 11.3 Å². The Labute approximate surface area is 166 Å². The van der Waals surface area contributed by atoms with E-state index >= 15 is 0 Å². The molecule has 144 valence electrons. The summed E-state index contributed by atoms with van der Waals surface area (Å²) in [4.78, 5) is 20.7. The van der Waals surface area contributed by atoms with Crippen LogP contribution in [0.1, 0.15) is 18.5 Å². The average molecular weight is 415 g/mol. The fourth-order valence-corrected chi connectivity index (χ4v) is 4.95. The van der Waals surface area contributed by atoms with Crippen molar-refractivity contribution in [1.82, 2.24) is 9.97 Å². The normalized spacial score (nSPS) is 13.9. The molecule has 1 amide bonds. The average Bonchev–Trinajstić information content (AvgIpc) is 3.46. The first-order valence-corrected chi connectivity index (χ1v) is 11.2. The van der Waals surface area contributed by atoms with Gasteiger partial charge in [0.2, 0.25) is 15.9 Å². The number of pyridine rings is 1. The largest absolute Gasteiger partial charge is 0.310 e. The number of thiazole rings is 1. The first-order chi connectivity index (χ1) is 13.5. The fraction of sp³-hybridized carbons (Fsp3) is 0.211. The molecule has 0 atom stereocenters. The molecule has 0 saturated heterocycles. The van der Waals surface area contributed by atoms with Gasteiger partial charge in [-0.25, -0.2) is 18.4 Å². The highest BCUT2D eigenvalue weighted by molar-refractivity contribution is 7.93. The Morgan fingerprint density at radius 3 is 2.57 bits per heavy atom. The molecule has 0 spiro atoms. The summed E-state index contributed by atoms with van der Waals surface area (Å²) in [5.74, 6) is 0.191. The second kappa shape index (κ2) is 7.69. The third-order valence-electron chi connectivity index (χ3n) is 4.22. The van der Waals surface area contributed by atoms with Gasteiger partial charge >= 0.3 is 0 Å². The number of aromatic nitrogens is 2. The Balaban J connectivity index is 1.34. The van der Waals surface area contributed by atoms with Crippen molar-refractivity contribution in [1.29, 1.82) is 0 Å². The summed E-state index contributed by atoms with van der Waals surface area (Å²) in [6, 6.07) is 13.5. The molecule has 2 aromatic heterocycles. The molecule has 0 bridgehead atoms. The van der Waals surface area contributed by atoms with Gasteiger partial charge in [0.15, 0.2) is 5.13 Å². The smallest absolute Gasteiger partial charge is 0.237 e. The summed E-state index contributed by atoms with van der Waals surface area (Å²) >= 11 is 1.17. The number of carbonyl (C=O) groups excluding carboxylic acids is 1. The molecular formula is C19H18N4O3S2. The maximum atomic E-state index is 12.2. The van der Waals surface area contributed by atoms with Gasteiger partial charge in [0.1, 0.15) is 5.82 Å². The zero-order chi connectivity index (χ0) is 19.6. The van der Waals surface area contributed by atoms with Gasteiger partial charge in [-0.1, -0.05) is 30.3 Å². The zero-order valence-electron chi connectivity index (χ0n) is 14.8. The second-order valence-electron chi connectivity index (χ2n) is 6.51. The number of nitrogens with one attached hydrogen (secondary N) is 2. The number of benzene rings is 1. The minimum Gasteiger partial charge on any atom is -0.310 e. The van der Waals surface area contributed by atoms with Gasteiger partial charge in [-0.2, -0.15) is 0 Å². The maximum absolute atomic E-state index is 12.2. The molecule has 0 aliphatic heterocycles. The number of rotatable bonds is 7. The number of carbonyl (C=O) groups is 1. The van der Waals surface area contributed by atoms with Crippen LogP contribution in [-0.4, -0.2) is 29.5 Å². The maximum Gasteiger partial charge on any atom is 0.237 e. The molecular weight excluding hydrogens is 396 g/mol. The van der Waals surface area contributed by atoms with Crippen LogP contribution < -0.4 is 10.0 Å². The lowest BCUT2D eigenvalue weighted by molar-refractivity contribution is -0.115. The van der Waals surface area contributed by atoms with Crippen molar-refractivity contribution in [2.24, 2.45) is 0 Å². The molecule has 1 aromatic carbocycles. The lowest BCUT2D eigenvalue weighted by Crippen LogP contribution is -2.18. The lowest BCUT2D eigenvalue weighted by Gasteiger charge is -2.05. The minimum atomic E-state index is -3.34. The highest BCUT2D eigenvalue weighted by atomic mass is 32.2. The van der Waals surface area contributed by atoms with E-state index in [0.717, 1.165) is 11.1 Å². The molecule has 1 aliphatic rings. The van der Waals surface area contributed by atoms with Crippen LogP contribution in [0.4, 0.5) is 10.9 Å². The van der Waals surface area contributed by atoms with E-state index in [-0.39, 0.29) is 17.6 Å². The van der Waals surface area contributed by atoms with Crippen LogP contribution >= 0.6 is 11.3 Å². The van der Waals surface area contributed by atoms with Gasteiger partial charge in [0, 0.05) is 17.1 Å². The lowest BCUT2D eigenvalue weighted by atomic mass is 10.1. The Morgan fingerprint density at radius 2 is 1.89 bits per heavy atom. The van der Waals surface area contributed by atoms with E-state index in [1.54, 1.807) is 17.6 Å². The fourth-order valence-electron chi connectivity index (χ4n) is 2.64. The van der Waals surface area contributed by atoms with E-state index in [1.165, 1.54) is 11.3 Å². The first-order valence-electron chi connectivity index (χ1n) is 8.77. The molecule has 0 unspecified atom stereocenters. The van der Waals surface area contributed by atoms with Crippen LogP contribution in [0.3, 0.4) is 0 Å². The van der Waals surface area contributed by atoms with Crippen LogP contribution in [0, 0.1) is 0 Å². The third-order valence-corrected chi connectivity index (χ3v) is 6.99. The Hall–Kier alpha value is -2.78. The molecule has 28 heavy (non-hydrogen) atoms. The van der Waals surface area contributed by atoms with Gasteiger partial charge in [0.25, 0.3) is 0 Å². The number of hydrogen-bond donors (Lipinski definition) is 2. The molecule has 0 radical (unpaired) electrons. The van der Waals surface area contributed by atoms with E-state index < -0.39 is 10.0 Å². The molecule has 1 saturated carbocycles. The molecule has 7 nitrogen and oxygen atoms in total. The molecule has 2 N–H and O–H groups in total. The first kappa shape index (κ1) is 18.6. The van der Waals surface area contributed by atoms with Crippen molar-refractivity contribution >= 4 is 38.2 Å². The number of nitrogens with zero attached hydrogens (tertiary/aromatic N) is 2. The van der Waals surface area contributed by atoms with Crippen molar-refractivity contribution in [2.75, 3.05) is 10.0 Å². The second-order valence-corrected chi connectivity index (χ2v) is 9.33. The van der Waals surface area contributed by atoms with E-state index in [0.29, 0.717) is 29.5 Å². The quantitative estimate of drug-likeness (QED) is 0.618. The van der Waals surface area contributed by atoms with Crippen molar-refractivity contribution < 1.29 is 13.2 Å². The molecule has 4 rings (SSSR count). The third kappa shape index (κ3) is 4.55. The summed E-state index contributed by atoms with van der Waals surface area (Å²) in [7, 11) is -3.34. The Morgan fingerprint density at radius 1 is 1.11 bits per heavy atom. The van der Waals surface area contributed by atoms with E-state index in [4.69, 9.17) is 0 Å². The van der Waals surface area contributed by atoms with E-state index in [2.05, 4.69) is 20.0 Å². The molecule has 2 heterocycles. The number of anilines is 2. The van der Waals surface area contributed by atoms with Gasteiger partial charge < -0.3 is 5.32 Å². The van der Waals surface area contributed by atoms with Crippen molar-refractivity contribution in [3.63, 3.8) is 0 Å². The molecule has 3 aromatic rings. The van der Waals surface area contributed by atoms with Crippen LogP contribution in [0.2, 0.25) is 0 Å². The topological polar surface area (TPSA) is 101 Å². The molecule has 1 fully saturated rings. The van der Waals surface area contributed by atoms with Gasteiger partial charge in [-0.05, 0) is 30.5 Å². The highest BCUT2D eigenvalue weighted by Gasteiger charge is 2.36. The summed E-state index contributed by atoms with van der Waals surface area (Å²) in [5, 5.41) is 4.39. The summed E-state index contributed by atoms with van der Waals surface area (Å²) in [5.41, 5.74) is 2.53. The monoisotopic (exact) mass is 414 g/mol.